The first kappa shape index (κ1) is 16.6. The van der Waals surface area contributed by atoms with E-state index in [4.69, 9.17) is 26.6 Å². The maximum Gasteiger partial charge on any atom is 0.199 e. The minimum atomic E-state index is 0.613. The third-order valence-electron chi connectivity index (χ3n) is 4.32. The average molecular weight is 483 g/mol. The number of rotatable bonds is 2. The molecule has 0 amide bonds. The van der Waals surface area contributed by atoms with Gasteiger partial charge in [0, 0.05) is 14.2 Å². The van der Waals surface area contributed by atoms with Crippen LogP contribution in [0.4, 0.5) is 0 Å². The van der Waals surface area contributed by atoms with Crippen LogP contribution in [0.25, 0.3) is 39.4 Å². The van der Waals surface area contributed by atoms with Crippen molar-refractivity contribution in [3.63, 3.8) is 0 Å². The number of benzene rings is 3. The molecule has 6 heteroatoms. The highest BCUT2D eigenvalue weighted by Crippen LogP contribution is 2.30. The third-order valence-corrected chi connectivity index (χ3v) is 5.23. The fraction of sp³-hybridized carbons (Fsp3) is 0. The zero-order valence-electron chi connectivity index (χ0n) is 14.0. The molecule has 0 spiro atoms. The standard InChI is InChI=1S/C21H12ClIN4/c22-14-6-3-5-13(11-14)20-26-19-21(25-18-10-2-1-9-17(18)24-19)27(20)16-8-4-7-15(23)12-16/h1-12H. The Hall–Kier alpha value is -2.51. The summed E-state index contributed by atoms with van der Waals surface area (Å²) in [5, 5.41) is 0.667. The molecule has 27 heavy (non-hydrogen) atoms. The molecule has 0 saturated heterocycles. The molecule has 2 heterocycles. The Morgan fingerprint density at radius 3 is 2.33 bits per heavy atom. The lowest BCUT2D eigenvalue weighted by atomic mass is 10.2. The summed E-state index contributed by atoms with van der Waals surface area (Å²) < 4.78 is 3.18. The fourth-order valence-electron chi connectivity index (χ4n) is 3.14. The molecular weight excluding hydrogens is 471 g/mol. The SMILES string of the molecule is Clc1cccc(-c2nc3nc4ccccc4nc3n2-c2cccc(I)c2)c1. The van der Waals surface area contributed by atoms with Gasteiger partial charge in [-0.05, 0) is 65.1 Å². The minimum absolute atomic E-state index is 0.613. The summed E-state index contributed by atoms with van der Waals surface area (Å²) in [5.41, 5.74) is 4.92. The summed E-state index contributed by atoms with van der Waals surface area (Å²) in [6.45, 7) is 0. The molecule has 5 aromatic rings. The Morgan fingerprint density at radius 1 is 0.778 bits per heavy atom. The summed E-state index contributed by atoms with van der Waals surface area (Å²) >= 11 is 8.54. The topological polar surface area (TPSA) is 43.6 Å². The molecule has 0 N–H and O–H groups in total. The van der Waals surface area contributed by atoms with Crippen molar-refractivity contribution in [2.75, 3.05) is 0 Å². The normalized spacial score (nSPS) is 11.3. The summed E-state index contributed by atoms with van der Waals surface area (Å²) in [7, 11) is 0. The molecule has 0 bridgehead atoms. The molecule has 4 nitrogen and oxygen atoms in total. The van der Waals surface area contributed by atoms with Gasteiger partial charge in [-0.1, -0.05) is 41.9 Å². The van der Waals surface area contributed by atoms with Gasteiger partial charge in [0.1, 0.15) is 5.82 Å². The molecular formula is C21H12ClIN4. The molecule has 0 unspecified atom stereocenters. The van der Waals surface area contributed by atoms with Gasteiger partial charge in [-0.25, -0.2) is 15.0 Å². The smallest absolute Gasteiger partial charge is 0.199 e. The second kappa shape index (κ2) is 6.58. The fourth-order valence-corrected chi connectivity index (χ4v) is 3.86. The van der Waals surface area contributed by atoms with E-state index in [0.29, 0.717) is 10.7 Å². The monoisotopic (exact) mass is 482 g/mol. The Kier molecular flexibility index (Phi) is 4.06. The second-order valence-electron chi connectivity index (χ2n) is 6.12. The first-order valence-corrected chi connectivity index (χ1v) is 9.82. The summed E-state index contributed by atoms with van der Waals surface area (Å²) in [6, 6.07) is 23.8. The number of hydrogen-bond acceptors (Lipinski definition) is 3. The van der Waals surface area contributed by atoms with Crippen LogP contribution in [-0.2, 0) is 0 Å². The summed E-state index contributed by atoms with van der Waals surface area (Å²) in [6.07, 6.45) is 0. The Morgan fingerprint density at radius 2 is 1.56 bits per heavy atom. The van der Waals surface area contributed by atoms with E-state index in [1.165, 1.54) is 0 Å². The zero-order chi connectivity index (χ0) is 18.4. The van der Waals surface area contributed by atoms with E-state index in [1.54, 1.807) is 0 Å². The maximum absolute atomic E-state index is 6.23. The number of nitrogens with zero attached hydrogens (tertiary/aromatic N) is 4. The van der Waals surface area contributed by atoms with Crippen LogP contribution in [0.2, 0.25) is 5.02 Å². The van der Waals surface area contributed by atoms with Crippen LogP contribution in [0.5, 0.6) is 0 Å². The molecule has 130 valence electrons. The van der Waals surface area contributed by atoms with E-state index >= 15 is 0 Å². The van der Waals surface area contributed by atoms with E-state index in [1.807, 2.05) is 65.2 Å². The van der Waals surface area contributed by atoms with Gasteiger partial charge in [-0.3, -0.25) is 4.57 Å². The zero-order valence-corrected chi connectivity index (χ0v) is 16.9. The Labute approximate surface area is 174 Å². The lowest BCUT2D eigenvalue weighted by Gasteiger charge is -2.09. The number of fused-ring (bicyclic) bond motifs is 2. The molecule has 0 radical (unpaired) electrons. The second-order valence-corrected chi connectivity index (χ2v) is 7.80. The van der Waals surface area contributed by atoms with Crippen molar-refractivity contribution in [3.05, 3.63) is 81.4 Å². The number of aromatic nitrogens is 4. The van der Waals surface area contributed by atoms with Crippen LogP contribution < -0.4 is 0 Å². The van der Waals surface area contributed by atoms with Crippen LogP contribution in [0, 0.1) is 3.57 Å². The first-order chi connectivity index (χ1) is 13.2. The van der Waals surface area contributed by atoms with Crippen LogP contribution in [-0.4, -0.2) is 19.5 Å². The van der Waals surface area contributed by atoms with Crippen molar-refractivity contribution in [2.45, 2.75) is 0 Å². The van der Waals surface area contributed by atoms with Crippen LogP contribution in [0.1, 0.15) is 0 Å². The highest BCUT2D eigenvalue weighted by molar-refractivity contribution is 14.1. The Bertz CT molecular complexity index is 1310. The predicted molar refractivity (Wildman–Crippen MR) is 117 cm³/mol. The van der Waals surface area contributed by atoms with Crippen LogP contribution in [0.15, 0.2) is 72.8 Å². The first-order valence-electron chi connectivity index (χ1n) is 8.36. The molecule has 3 aromatic carbocycles. The molecule has 0 atom stereocenters. The van der Waals surface area contributed by atoms with Gasteiger partial charge in [0.05, 0.1) is 16.7 Å². The van der Waals surface area contributed by atoms with E-state index in [2.05, 4.69) is 34.7 Å². The largest absolute Gasteiger partial charge is 0.275 e. The quantitative estimate of drug-likeness (QED) is 0.295. The highest BCUT2D eigenvalue weighted by atomic mass is 127. The van der Waals surface area contributed by atoms with Crippen molar-refractivity contribution in [1.29, 1.82) is 0 Å². The number of hydrogen-bond donors (Lipinski definition) is 0. The van der Waals surface area contributed by atoms with E-state index < -0.39 is 0 Å². The van der Waals surface area contributed by atoms with Gasteiger partial charge >= 0.3 is 0 Å². The molecule has 0 aliphatic heterocycles. The van der Waals surface area contributed by atoms with E-state index in [9.17, 15) is 0 Å². The molecule has 2 aromatic heterocycles. The molecule has 5 rings (SSSR count). The Balaban J connectivity index is 1.90. The summed E-state index contributed by atoms with van der Waals surface area (Å²) in [5.74, 6) is 0.768. The molecule has 0 aliphatic rings. The van der Waals surface area contributed by atoms with E-state index in [-0.39, 0.29) is 0 Å². The van der Waals surface area contributed by atoms with Crippen molar-refractivity contribution < 1.29 is 0 Å². The molecule has 0 fully saturated rings. The van der Waals surface area contributed by atoms with Crippen molar-refractivity contribution in [1.82, 2.24) is 19.5 Å². The molecule has 0 aliphatic carbocycles. The van der Waals surface area contributed by atoms with Crippen LogP contribution >= 0.6 is 34.2 Å². The van der Waals surface area contributed by atoms with Gasteiger partial charge < -0.3 is 0 Å². The van der Waals surface area contributed by atoms with Gasteiger partial charge in [0.25, 0.3) is 0 Å². The van der Waals surface area contributed by atoms with Gasteiger partial charge in [0.15, 0.2) is 11.3 Å². The van der Waals surface area contributed by atoms with Crippen molar-refractivity contribution in [2.24, 2.45) is 0 Å². The molecule has 0 saturated carbocycles. The lowest BCUT2D eigenvalue weighted by molar-refractivity contribution is 1.08. The van der Waals surface area contributed by atoms with Crippen molar-refractivity contribution >= 4 is 56.5 Å². The highest BCUT2D eigenvalue weighted by Gasteiger charge is 2.17. The van der Waals surface area contributed by atoms with Crippen LogP contribution in [0.3, 0.4) is 0 Å². The van der Waals surface area contributed by atoms with Gasteiger partial charge in [-0.2, -0.15) is 0 Å². The third kappa shape index (κ3) is 2.96. The van der Waals surface area contributed by atoms with E-state index in [0.717, 1.165) is 37.3 Å². The van der Waals surface area contributed by atoms with Gasteiger partial charge in [-0.15, -0.1) is 0 Å². The maximum atomic E-state index is 6.23. The number of para-hydroxylation sites is 2. The predicted octanol–water partition coefficient (Wildman–Crippen LogP) is 5.89. The van der Waals surface area contributed by atoms with Crippen molar-refractivity contribution in [3.8, 4) is 17.1 Å². The summed E-state index contributed by atoms with van der Waals surface area (Å²) in [4.78, 5) is 14.4. The lowest BCUT2D eigenvalue weighted by Crippen LogP contribution is -1.99. The average Bonchev–Trinajstić information content (AvgIpc) is 3.04. The number of imidazole rings is 1. The van der Waals surface area contributed by atoms with Gasteiger partial charge in [0.2, 0.25) is 0 Å². The number of halogens is 2. The minimum Gasteiger partial charge on any atom is -0.275 e.